The standard InChI is InChI=1S/C9H15N3S2.ClH/c1-12(7-2-3-13-6-7)5-8-4-11-9(10)14-8;/h4,7H,2-3,5-6H2,1H3,(H2,10,11);1H. The van der Waals surface area contributed by atoms with Crippen molar-refractivity contribution < 1.29 is 0 Å². The van der Waals surface area contributed by atoms with Gasteiger partial charge in [0.05, 0.1) is 0 Å². The Bertz CT molecular complexity index is 299. The summed E-state index contributed by atoms with van der Waals surface area (Å²) in [5.41, 5.74) is 5.59. The summed E-state index contributed by atoms with van der Waals surface area (Å²) in [7, 11) is 2.19. The number of halogens is 1. The molecule has 6 heteroatoms. The molecular formula is C9H16ClN3S2. The van der Waals surface area contributed by atoms with Crippen LogP contribution in [0.2, 0.25) is 0 Å². The minimum absolute atomic E-state index is 0. The first-order valence-electron chi connectivity index (χ1n) is 4.74. The van der Waals surface area contributed by atoms with E-state index in [2.05, 4.69) is 16.9 Å². The van der Waals surface area contributed by atoms with Crippen LogP contribution in [-0.2, 0) is 6.54 Å². The van der Waals surface area contributed by atoms with Crippen molar-refractivity contribution in [3.63, 3.8) is 0 Å². The van der Waals surface area contributed by atoms with Crippen molar-refractivity contribution in [2.45, 2.75) is 19.0 Å². The summed E-state index contributed by atoms with van der Waals surface area (Å²) in [5, 5.41) is 0.675. The van der Waals surface area contributed by atoms with Gasteiger partial charge < -0.3 is 5.73 Å². The zero-order valence-electron chi connectivity index (χ0n) is 8.68. The van der Waals surface area contributed by atoms with Gasteiger partial charge in [-0.25, -0.2) is 4.98 Å². The smallest absolute Gasteiger partial charge is 0.180 e. The molecule has 1 aliphatic rings. The number of hydrogen-bond acceptors (Lipinski definition) is 5. The summed E-state index contributed by atoms with van der Waals surface area (Å²) >= 11 is 3.64. The Morgan fingerprint density at radius 2 is 2.47 bits per heavy atom. The van der Waals surface area contributed by atoms with E-state index in [0.717, 1.165) is 12.6 Å². The van der Waals surface area contributed by atoms with E-state index in [1.54, 1.807) is 11.3 Å². The molecule has 0 aliphatic carbocycles. The number of rotatable bonds is 3. The van der Waals surface area contributed by atoms with Gasteiger partial charge in [-0.3, -0.25) is 4.90 Å². The van der Waals surface area contributed by atoms with Crippen LogP contribution in [0.25, 0.3) is 0 Å². The number of aromatic nitrogens is 1. The lowest BCUT2D eigenvalue weighted by molar-refractivity contribution is 0.256. The highest BCUT2D eigenvalue weighted by atomic mass is 35.5. The molecule has 15 heavy (non-hydrogen) atoms. The van der Waals surface area contributed by atoms with Crippen molar-refractivity contribution in [1.29, 1.82) is 0 Å². The highest BCUT2D eigenvalue weighted by Crippen LogP contribution is 2.24. The van der Waals surface area contributed by atoms with Crippen LogP contribution in [0, 0.1) is 0 Å². The molecule has 1 atom stereocenters. The van der Waals surface area contributed by atoms with Gasteiger partial charge in [0.25, 0.3) is 0 Å². The maximum atomic E-state index is 5.59. The number of nitrogens with two attached hydrogens (primary N) is 1. The molecule has 1 fully saturated rings. The van der Waals surface area contributed by atoms with Crippen molar-refractivity contribution in [1.82, 2.24) is 9.88 Å². The normalized spacial score (nSPS) is 20.5. The van der Waals surface area contributed by atoms with Crippen LogP contribution in [0.5, 0.6) is 0 Å². The van der Waals surface area contributed by atoms with E-state index >= 15 is 0 Å². The largest absolute Gasteiger partial charge is 0.375 e. The molecule has 2 N–H and O–H groups in total. The molecular weight excluding hydrogens is 250 g/mol. The molecule has 1 saturated heterocycles. The molecule has 0 aromatic carbocycles. The highest BCUT2D eigenvalue weighted by molar-refractivity contribution is 7.99. The van der Waals surface area contributed by atoms with E-state index in [4.69, 9.17) is 5.73 Å². The third-order valence-corrected chi connectivity index (χ3v) is 4.46. The van der Waals surface area contributed by atoms with Crippen LogP contribution in [0.1, 0.15) is 11.3 Å². The summed E-state index contributed by atoms with van der Waals surface area (Å²) in [6.07, 6.45) is 3.20. The number of nitrogens with zero attached hydrogens (tertiary/aromatic N) is 2. The van der Waals surface area contributed by atoms with Gasteiger partial charge in [-0.1, -0.05) is 0 Å². The Morgan fingerprint density at radius 3 is 3.00 bits per heavy atom. The van der Waals surface area contributed by atoms with Crippen molar-refractivity contribution in [2.24, 2.45) is 0 Å². The topological polar surface area (TPSA) is 42.2 Å². The van der Waals surface area contributed by atoms with E-state index in [-0.39, 0.29) is 12.4 Å². The van der Waals surface area contributed by atoms with Gasteiger partial charge in [-0.05, 0) is 19.2 Å². The van der Waals surface area contributed by atoms with Crippen LogP contribution in [-0.4, -0.2) is 34.5 Å². The van der Waals surface area contributed by atoms with Crippen LogP contribution < -0.4 is 5.73 Å². The van der Waals surface area contributed by atoms with Gasteiger partial charge in [-0.2, -0.15) is 11.8 Å². The SMILES string of the molecule is CN(Cc1cnc(N)s1)C1CCSC1.Cl. The molecule has 0 saturated carbocycles. The predicted octanol–water partition coefficient (Wildman–Crippen LogP) is 2.08. The van der Waals surface area contributed by atoms with Gasteiger partial charge in [0.1, 0.15) is 0 Å². The molecule has 0 amide bonds. The summed E-state index contributed by atoms with van der Waals surface area (Å²) in [5.74, 6) is 2.57. The summed E-state index contributed by atoms with van der Waals surface area (Å²) in [6.45, 7) is 0.986. The zero-order valence-corrected chi connectivity index (χ0v) is 11.1. The molecule has 1 aliphatic heterocycles. The molecule has 1 unspecified atom stereocenters. The minimum Gasteiger partial charge on any atom is -0.375 e. The average molecular weight is 266 g/mol. The number of hydrogen-bond donors (Lipinski definition) is 1. The molecule has 2 rings (SSSR count). The number of thiazole rings is 1. The third-order valence-electron chi connectivity index (χ3n) is 2.51. The summed E-state index contributed by atoms with van der Waals surface area (Å²) < 4.78 is 0. The van der Waals surface area contributed by atoms with Crippen LogP contribution >= 0.6 is 35.5 Å². The first kappa shape index (κ1) is 13.1. The molecule has 86 valence electrons. The fourth-order valence-corrected chi connectivity index (χ4v) is 3.69. The predicted molar refractivity (Wildman–Crippen MR) is 71.0 cm³/mol. The monoisotopic (exact) mass is 265 g/mol. The van der Waals surface area contributed by atoms with Crippen molar-refractivity contribution in [2.75, 3.05) is 24.3 Å². The first-order chi connectivity index (χ1) is 6.75. The molecule has 0 bridgehead atoms. The van der Waals surface area contributed by atoms with Crippen molar-refractivity contribution in [3.8, 4) is 0 Å². The molecule has 0 spiro atoms. The molecule has 3 nitrogen and oxygen atoms in total. The van der Waals surface area contributed by atoms with Crippen molar-refractivity contribution in [3.05, 3.63) is 11.1 Å². The van der Waals surface area contributed by atoms with Crippen molar-refractivity contribution >= 4 is 40.6 Å². The maximum absolute atomic E-state index is 5.59. The first-order valence-corrected chi connectivity index (χ1v) is 6.71. The Hall–Kier alpha value is 0.0300. The molecule has 0 radical (unpaired) electrons. The third kappa shape index (κ3) is 3.52. The second-order valence-corrected chi connectivity index (χ2v) is 5.89. The number of anilines is 1. The number of nitrogen functional groups attached to an aromatic ring is 1. The Labute approximate surface area is 105 Å². The van der Waals surface area contributed by atoms with E-state index < -0.39 is 0 Å². The van der Waals surface area contributed by atoms with Crippen LogP contribution in [0.15, 0.2) is 6.20 Å². The zero-order chi connectivity index (χ0) is 9.97. The lowest BCUT2D eigenvalue weighted by atomic mass is 10.2. The van der Waals surface area contributed by atoms with E-state index in [1.165, 1.54) is 22.8 Å². The molecule has 1 aromatic rings. The second-order valence-electron chi connectivity index (χ2n) is 3.60. The van der Waals surface area contributed by atoms with Crippen LogP contribution in [0.4, 0.5) is 5.13 Å². The fraction of sp³-hybridized carbons (Fsp3) is 0.667. The average Bonchev–Trinajstić information content (AvgIpc) is 2.75. The Balaban J connectivity index is 0.00000112. The summed E-state index contributed by atoms with van der Waals surface area (Å²) in [6, 6.07) is 0.739. The van der Waals surface area contributed by atoms with Gasteiger partial charge in [0.2, 0.25) is 0 Å². The highest BCUT2D eigenvalue weighted by Gasteiger charge is 2.20. The second kappa shape index (κ2) is 5.94. The number of thioether (sulfide) groups is 1. The quantitative estimate of drug-likeness (QED) is 0.909. The van der Waals surface area contributed by atoms with E-state index in [1.807, 2.05) is 18.0 Å². The van der Waals surface area contributed by atoms with Gasteiger partial charge >= 0.3 is 0 Å². The molecule has 1 aromatic heterocycles. The lowest BCUT2D eigenvalue weighted by Gasteiger charge is -2.22. The van der Waals surface area contributed by atoms with E-state index in [9.17, 15) is 0 Å². The molecule has 2 heterocycles. The minimum atomic E-state index is 0. The Morgan fingerprint density at radius 1 is 1.67 bits per heavy atom. The van der Waals surface area contributed by atoms with Gasteiger partial charge in [0.15, 0.2) is 5.13 Å². The van der Waals surface area contributed by atoms with Gasteiger partial charge in [0, 0.05) is 29.4 Å². The summed E-state index contributed by atoms with van der Waals surface area (Å²) in [4.78, 5) is 7.74. The maximum Gasteiger partial charge on any atom is 0.180 e. The van der Waals surface area contributed by atoms with E-state index in [0.29, 0.717) is 5.13 Å². The lowest BCUT2D eigenvalue weighted by Crippen LogP contribution is -2.30. The van der Waals surface area contributed by atoms with Gasteiger partial charge in [-0.15, -0.1) is 23.7 Å². The van der Waals surface area contributed by atoms with Crippen LogP contribution in [0.3, 0.4) is 0 Å². The fourth-order valence-electron chi connectivity index (χ4n) is 1.64. The Kier molecular flexibility index (Phi) is 5.18.